The van der Waals surface area contributed by atoms with E-state index >= 15 is 0 Å². The predicted molar refractivity (Wildman–Crippen MR) is 110 cm³/mol. The van der Waals surface area contributed by atoms with E-state index in [1.807, 2.05) is 37.9 Å². The van der Waals surface area contributed by atoms with Crippen LogP contribution in [0.4, 0.5) is 0 Å². The van der Waals surface area contributed by atoms with Gasteiger partial charge < -0.3 is 24.6 Å². The van der Waals surface area contributed by atoms with Crippen molar-refractivity contribution in [2.24, 2.45) is 4.99 Å². The Kier molecular flexibility index (Phi) is 8.65. The SMILES string of the molecule is C=C(C)CNC(=NCC(=O)N(C)C)N(C)Cc1cc(OC)c(OC)cc1C. The van der Waals surface area contributed by atoms with Crippen LogP contribution in [0.1, 0.15) is 18.1 Å². The number of likely N-dealkylation sites (N-methyl/N-ethyl adjacent to an activating group) is 1. The molecule has 1 amide bonds. The van der Waals surface area contributed by atoms with Crippen LogP contribution in [-0.4, -0.2) is 70.1 Å². The maximum absolute atomic E-state index is 11.9. The zero-order chi connectivity index (χ0) is 20.6. The van der Waals surface area contributed by atoms with E-state index in [-0.39, 0.29) is 12.5 Å². The van der Waals surface area contributed by atoms with E-state index in [1.165, 1.54) is 4.90 Å². The zero-order valence-electron chi connectivity index (χ0n) is 17.5. The number of rotatable bonds is 8. The number of amides is 1. The lowest BCUT2D eigenvalue weighted by Gasteiger charge is -2.24. The first kappa shape index (κ1) is 22.3. The van der Waals surface area contributed by atoms with E-state index in [1.54, 1.807) is 28.3 Å². The highest BCUT2D eigenvalue weighted by atomic mass is 16.5. The molecule has 1 rings (SSSR count). The van der Waals surface area contributed by atoms with Crippen LogP contribution in [0, 0.1) is 6.92 Å². The maximum Gasteiger partial charge on any atom is 0.243 e. The minimum atomic E-state index is -0.0553. The Morgan fingerprint density at radius 1 is 1.19 bits per heavy atom. The second kappa shape index (κ2) is 10.4. The summed E-state index contributed by atoms with van der Waals surface area (Å²) in [5.74, 6) is 1.97. The summed E-state index contributed by atoms with van der Waals surface area (Å²) in [7, 11) is 8.61. The van der Waals surface area contributed by atoms with Gasteiger partial charge in [-0.2, -0.15) is 0 Å². The summed E-state index contributed by atoms with van der Waals surface area (Å²) in [5, 5.41) is 3.25. The summed E-state index contributed by atoms with van der Waals surface area (Å²) in [6, 6.07) is 3.92. The summed E-state index contributed by atoms with van der Waals surface area (Å²) >= 11 is 0. The van der Waals surface area contributed by atoms with E-state index in [2.05, 4.69) is 16.9 Å². The van der Waals surface area contributed by atoms with E-state index in [0.29, 0.717) is 30.5 Å². The van der Waals surface area contributed by atoms with Crippen molar-refractivity contribution in [2.75, 3.05) is 48.5 Å². The van der Waals surface area contributed by atoms with Crippen molar-refractivity contribution >= 4 is 11.9 Å². The van der Waals surface area contributed by atoms with Gasteiger partial charge in [0, 0.05) is 34.2 Å². The molecule has 0 radical (unpaired) electrons. The summed E-state index contributed by atoms with van der Waals surface area (Å²) in [4.78, 5) is 19.9. The van der Waals surface area contributed by atoms with Gasteiger partial charge in [0.2, 0.25) is 5.91 Å². The van der Waals surface area contributed by atoms with Crippen LogP contribution in [0.3, 0.4) is 0 Å². The van der Waals surface area contributed by atoms with Gasteiger partial charge in [0.05, 0.1) is 14.2 Å². The molecule has 7 nitrogen and oxygen atoms in total. The van der Waals surface area contributed by atoms with Crippen LogP contribution in [0.5, 0.6) is 11.5 Å². The van der Waals surface area contributed by atoms with Crippen LogP contribution in [0.25, 0.3) is 0 Å². The van der Waals surface area contributed by atoms with Crippen LogP contribution in [0.2, 0.25) is 0 Å². The lowest BCUT2D eigenvalue weighted by Crippen LogP contribution is -2.40. The number of aryl methyl sites for hydroxylation is 1. The first-order valence-corrected chi connectivity index (χ1v) is 8.75. The Balaban J connectivity index is 3.04. The average Bonchev–Trinajstić information content (AvgIpc) is 2.62. The number of benzene rings is 1. The second-order valence-corrected chi connectivity index (χ2v) is 6.73. The molecule has 1 aromatic rings. The molecular weight excluding hydrogens is 344 g/mol. The number of hydrogen-bond donors (Lipinski definition) is 1. The van der Waals surface area contributed by atoms with E-state index in [0.717, 1.165) is 16.7 Å². The predicted octanol–water partition coefficient (Wildman–Crippen LogP) is 2.05. The highest BCUT2D eigenvalue weighted by molar-refractivity contribution is 5.84. The number of hydrogen-bond acceptors (Lipinski definition) is 4. The first-order chi connectivity index (χ1) is 12.7. The quantitative estimate of drug-likeness (QED) is 0.427. The molecule has 7 heteroatoms. The molecule has 0 bridgehead atoms. The zero-order valence-corrected chi connectivity index (χ0v) is 17.5. The molecule has 150 valence electrons. The van der Waals surface area contributed by atoms with Crippen LogP contribution < -0.4 is 14.8 Å². The maximum atomic E-state index is 11.9. The molecule has 0 saturated carbocycles. The number of guanidine groups is 1. The summed E-state index contributed by atoms with van der Waals surface area (Å²) in [6.07, 6.45) is 0. The van der Waals surface area contributed by atoms with Gasteiger partial charge in [-0.05, 0) is 37.1 Å². The third-order valence-corrected chi connectivity index (χ3v) is 4.02. The first-order valence-electron chi connectivity index (χ1n) is 8.75. The molecule has 0 aromatic heterocycles. The summed E-state index contributed by atoms with van der Waals surface area (Å²) in [6.45, 7) is 9.15. The number of nitrogens with zero attached hydrogens (tertiary/aromatic N) is 3. The molecule has 1 N–H and O–H groups in total. The molecule has 0 fully saturated rings. The number of nitrogens with one attached hydrogen (secondary N) is 1. The smallest absolute Gasteiger partial charge is 0.243 e. The largest absolute Gasteiger partial charge is 0.493 e. The standard InChI is InChI=1S/C20H32N4O3/c1-14(2)11-21-20(22-12-19(25)23(4)5)24(6)13-16-10-18(27-8)17(26-7)9-15(16)3/h9-10H,1,11-13H2,2-8H3,(H,21,22). The van der Waals surface area contributed by atoms with Crippen molar-refractivity contribution in [1.82, 2.24) is 15.1 Å². The third kappa shape index (κ3) is 6.84. The Morgan fingerprint density at radius 3 is 2.30 bits per heavy atom. The number of methoxy groups -OCH3 is 2. The van der Waals surface area contributed by atoms with Crippen molar-refractivity contribution < 1.29 is 14.3 Å². The van der Waals surface area contributed by atoms with E-state index in [9.17, 15) is 4.79 Å². The molecule has 0 saturated heterocycles. The van der Waals surface area contributed by atoms with Gasteiger partial charge >= 0.3 is 0 Å². The van der Waals surface area contributed by atoms with Crippen LogP contribution in [-0.2, 0) is 11.3 Å². The molecule has 0 spiro atoms. The molecular formula is C20H32N4O3. The molecule has 0 atom stereocenters. The third-order valence-electron chi connectivity index (χ3n) is 4.02. The molecule has 0 unspecified atom stereocenters. The lowest BCUT2D eigenvalue weighted by molar-refractivity contribution is -0.127. The van der Waals surface area contributed by atoms with Gasteiger partial charge in [-0.25, -0.2) is 4.99 Å². The van der Waals surface area contributed by atoms with E-state index in [4.69, 9.17) is 9.47 Å². The molecule has 0 aliphatic heterocycles. The highest BCUT2D eigenvalue weighted by Gasteiger charge is 2.13. The van der Waals surface area contributed by atoms with Gasteiger partial charge in [-0.1, -0.05) is 12.2 Å². The monoisotopic (exact) mass is 376 g/mol. The van der Waals surface area contributed by atoms with Crippen molar-refractivity contribution in [3.05, 3.63) is 35.4 Å². The number of carbonyl (C=O) groups excluding carboxylic acids is 1. The summed E-state index contributed by atoms with van der Waals surface area (Å²) in [5.41, 5.74) is 3.15. The molecule has 0 aliphatic rings. The normalized spacial score (nSPS) is 11.0. The fourth-order valence-corrected chi connectivity index (χ4v) is 2.35. The Morgan fingerprint density at radius 2 is 1.78 bits per heavy atom. The number of ether oxygens (including phenoxy) is 2. The minimum absolute atomic E-state index is 0.0553. The fourth-order valence-electron chi connectivity index (χ4n) is 2.35. The lowest BCUT2D eigenvalue weighted by atomic mass is 10.1. The Bertz CT molecular complexity index is 699. The second-order valence-electron chi connectivity index (χ2n) is 6.73. The van der Waals surface area contributed by atoms with Crippen LogP contribution >= 0.6 is 0 Å². The molecule has 0 aliphatic carbocycles. The van der Waals surface area contributed by atoms with Gasteiger partial charge in [0.15, 0.2) is 17.5 Å². The molecule has 1 aromatic carbocycles. The van der Waals surface area contributed by atoms with Gasteiger partial charge in [-0.3, -0.25) is 4.79 Å². The number of carbonyl (C=O) groups is 1. The fraction of sp³-hybridized carbons (Fsp3) is 0.500. The Labute approximate surface area is 162 Å². The van der Waals surface area contributed by atoms with Gasteiger partial charge in [0.25, 0.3) is 0 Å². The number of aliphatic imine (C=N–C) groups is 1. The average molecular weight is 377 g/mol. The van der Waals surface area contributed by atoms with E-state index < -0.39 is 0 Å². The topological polar surface area (TPSA) is 66.4 Å². The van der Waals surface area contributed by atoms with Crippen molar-refractivity contribution in [3.8, 4) is 11.5 Å². The highest BCUT2D eigenvalue weighted by Crippen LogP contribution is 2.30. The minimum Gasteiger partial charge on any atom is -0.493 e. The molecule has 0 heterocycles. The van der Waals surface area contributed by atoms with Crippen molar-refractivity contribution in [2.45, 2.75) is 20.4 Å². The van der Waals surface area contributed by atoms with Gasteiger partial charge in [-0.15, -0.1) is 0 Å². The van der Waals surface area contributed by atoms with Crippen molar-refractivity contribution in [1.29, 1.82) is 0 Å². The van der Waals surface area contributed by atoms with Crippen LogP contribution in [0.15, 0.2) is 29.3 Å². The Hall–Kier alpha value is -2.70. The summed E-state index contributed by atoms with van der Waals surface area (Å²) < 4.78 is 10.8. The van der Waals surface area contributed by atoms with Gasteiger partial charge in [0.1, 0.15) is 6.54 Å². The van der Waals surface area contributed by atoms with Crippen molar-refractivity contribution in [3.63, 3.8) is 0 Å². The molecule has 27 heavy (non-hydrogen) atoms.